The highest BCUT2D eigenvalue weighted by atomic mass is 79.9. The van der Waals surface area contributed by atoms with Crippen LogP contribution in [0.5, 0.6) is 0 Å². The zero-order valence-electron chi connectivity index (χ0n) is 13.0. The number of carbonyl (C=O) groups excluding carboxylic acids is 2. The first-order valence-electron chi connectivity index (χ1n) is 7.24. The molecule has 3 amide bonds. The van der Waals surface area contributed by atoms with Gasteiger partial charge in [0.1, 0.15) is 5.69 Å². The van der Waals surface area contributed by atoms with E-state index in [0.717, 1.165) is 11.0 Å². The van der Waals surface area contributed by atoms with Crippen LogP contribution in [0.25, 0.3) is 0 Å². The number of amides is 3. The number of hydrogen-bond donors (Lipinski definition) is 4. The quantitative estimate of drug-likeness (QED) is 0.596. The summed E-state index contributed by atoms with van der Waals surface area (Å²) in [5.74, 6) is -0.444. The van der Waals surface area contributed by atoms with Crippen molar-refractivity contribution in [2.24, 2.45) is 5.73 Å². The highest BCUT2D eigenvalue weighted by Gasteiger charge is 2.43. The molecular weight excluding hydrogens is 352 g/mol. The zero-order valence-corrected chi connectivity index (χ0v) is 14.6. The van der Waals surface area contributed by atoms with Gasteiger partial charge < -0.3 is 26.0 Å². The average molecular weight is 375 g/mol. The van der Waals surface area contributed by atoms with Crippen LogP contribution < -0.4 is 11.1 Å². The number of aliphatic hydroxyl groups excluding tert-OH is 1. The lowest BCUT2D eigenvalue weighted by Crippen LogP contribution is -2.30. The molecule has 1 aromatic rings. The van der Waals surface area contributed by atoms with Crippen molar-refractivity contribution in [1.29, 1.82) is 0 Å². The molecule has 3 atom stereocenters. The maximum absolute atomic E-state index is 11.0. The average Bonchev–Trinajstić information content (AvgIpc) is 3.12. The fourth-order valence-electron chi connectivity index (χ4n) is 2.50. The first-order valence-corrected chi connectivity index (χ1v) is 8.03. The lowest BCUT2D eigenvalue weighted by Gasteiger charge is -2.15. The van der Waals surface area contributed by atoms with Gasteiger partial charge in [0.25, 0.3) is 5.91 Å². The van der Waals surface area contributed by atoms with Crippen LogP contribution in [0.4, 0.5) is 4.79 Å². The number of nitrogens with one attached hydrogen (secondary N) is 2. The van der Waals surface area contributed by atoms with E-state index in [1.807, 2.05) is 13.8 Å². The van der Waals surface area contributed by atoms with Crippen molar-refractivity contribution in [1.82, 2.24) is 15.2 Å². The molecule has 8 heteroatoms. The second-order valence-electron chi connectivity index (χ2n) is 4.94. The monoisotopic (exact) mass is 374 g/mol. The molecule has 2 aliphatic rings. The van der Waals surface area contributed by atoms with Gasteiger partial charge in [0, 0.05) is 7.05 Å². The summed E-state index contributed by atoms with van der Waals surface area (Å²) in [7, 11) is 1.78. The number of aromatic nitrogens is 1. The van der Waals surface area contributed by atoms with Gasteiger partial charge in [-0.1, -0.05) is 13.8 Å². The number of urea groups is 1. The van der Waals surface area contributed by atoms with Gasteiger partial charge in [-0.15, -0.1) is 0 Å². The molecule has 1 aliphatic heterocycles. The lowest BCUT2D eigenvalue weighted by atomic mass is 10.2. The summed E-state index contributed by atoms with van der Waals surface area (Å²) in [4.78, 5) is 25.8. The summed E-state index contributed by atoms with van der Waals surface area (Å²) in [5, 5.41) is 12.1. The molecule has 124 valence electrons. The van der Waals surface area contributed by atoms with Crippen LogP contribution in [0.15, 0.2) is 16.7 Å². The van der Waals surface area contributed by atoms with Gasteiger partial charge in [-0.2, -0.15) is 0 Å². The predicted octanol–water partition coefficient (Wildman–Crippen LogP) is 1.44. The number of aromatic amines is 1. The summed E-state index contributed by atoms with van der Waals surface area (Å²) >= 11 is 3.14. The molecule has 1 saturated carbocycles. The molecule has 2 fully saturated rings. The second kappa shape index (κ2) is 8.19. The van der Waals surface area contributed by atoms with Gasteiger partial charge in [-0.05, 0) is 40.9 Å². The number of aliphatic hydroxyl groups is 1. The maximum Gasteiger partial charge on any atom is 0.317 e. The molecule has 0 spiro atoms. The van der Waals surface area contributed by atoms with E-state index in [9.17, 15) is 14.7 Å². The Morgan fingerprint density at radius 1 is 1.41 bits per heavy atom. The summed E-state index contributed by atoms with van der Waals surface area (Å²) in [5.41, 5.74) is 5.35. The Balaban J connectivity index is 0.000000202. The van der Waals surface area contributed by atoms with E-state index in [0.29, 0.717) is 12.1 Å². The molecule has 5 N–H and O–H groups in total. The van der Waals surface area contributed by atoms with Gasteiger partial charge in [-0.3, -0.25) is 4.79 Å². The number of primary amides is 1. The van der Waals surface area contributed by atoms with Crippen molar-refractivity contribution >= 4 is 27.9 Å². The van der Waals surface area contributed by atoms with Crippen molar-refractivity contribution in [2.45, 2.75) is 44.9 Å². The fraction of sp³-hybridized carbons (Fsp3) is 0.571. The number of nitrogens with two attached hydrogens (primary N) is 1. The Morgan fingerprint density at radius 3 is 2.45 bits per heavy atom. The fourth-order valence-corrected chi connectivity index (χ4v) is 2.84. The Labute approximate surface area is 138 Å². The SMILES string of the molecule is CC.CN1C(=O)NC2C[C@@H](O)CC21.NC(=O)c1ccc(Br)[nH]1. The normalized spacial score (nSPS) is 25.4. The maximum atomic E-state index is 11.0. The van der Waals surface area contributed by atoms with Crippen LogP contribution in [0.1, 0.15) is 37.2 Å². The van der Waals surface area contributed by atoms with Crippen LogP contribution in [0, 0.1) is 0 Å². The Hall–Kier alpha value is -1.54. The van der Waals surface area contributed by atoms with Gasteiger partial charge in [0.15, 0.2) is 0 Å². The highest BCUT2D eigenvalue weighted by molar-refractivity contribution is 9.10. The van der Waals surface area contributed by atoms with Gasteiger partial charge in [0.2, 0.25) is 0 Å². The minimum atomic E-state index is -0.444. The minimum Gasteiger partial charge on any atom is -0.393 e. The molecule has 1 aromatic heterocycles. The molecule has 22 heavy (non-hydrogen) atoms. The van der Waals surface area contributed by atoms with E-state index in [4.69, 9.17) is 5.73 Å². The first kappa shape index (κ1) is 18.5. The Bertz CT molecular complexity index is 520. The number of likely N-dealkylation sites (N-methyl/N-ethyl adjacent to an activating group) is 1. The lowest BCUT2D eigenvalue weighted by molar-refractivity contribution is 0.0996. The molecule has 7 nitrogen and oxygen atoms in total. The number of H-pyrrole nitrogens is 1. The zero-order chi connectivity index (χ0) is 16.9. The molecule has 3 rings (SSSR count). The standard InChI is InChI=1S/C7H12N2O2.C5H5BrN2O.C2H6/c1-9-6-3-4(10)2-5(6)8-7(9)11;6-4-2-1-3(8-4)5(7)9;1-2/h4-6,10H,2-3H2,1H3,(H,8,11);1-2,8H,(H2,7,9);1-2H3/t4-,5?,6?;;/m1../s1. The van der Waals surface area contributed by atoms with E-state index >= 15 is 0 Å². The predicted molar refractivity (Wildman–Crippen MR) is 87.5 cm³/mol. The van der Waals surface area contributed by atoms with Gasteiger partial charge in [0.05, 0.1) is 22.8 Å². The number of carbonyl (C=O) groups is 2. The number of rotatable bonds is 1. The third kappa shape index (κ3) is 4.48. The minimum absolute atomic E-state index is 0.00750. The topological polar surface area (TPSA) is 111 Å². The van der Waals surface area contributed by atoms with Crippen molar-refractivity contribution in [2.75, 3.05) is 7.05 Å². The molecule has 0 bridgehead atoms. The largest absolute Gasteiger partial charge is 0.393 e. The van der Waals surface area contributed by atoms with Crippen LogP contribution in [-0.2, 0) is 0 Å². The van der Waals surface area contributed by atoms with Crippen LogP contribution in [-0.4, -0.2) is 52.2 Å². The number of halogens is 1. The van der Waals surface area contributed by atoms with Crippen molar-refractivity contribution in [3.05, 3.63) is 22.4 Å². The van der Waals surface area contributed by atoms with E-state index in [1.165, 1.54) is 0 Å². The molecule has 0 aromatic carbocycles. The Kier molecular flexibility index (Phi) is 6.89. The number of hydrogen-bond acceptors (Lipinski definition) is 3. The van der Waals surface area contributed by atoms with E-state index in [1.54, 1.807) is 24.1 Å². The highest BCUT2D eigenvalue weighted by Crippen LogP contribution is 2.27. The summed E-state index contributed by atoms with van der Waals surface area (Å²) < 4.78 is 0.760. The summed E-state index contributed by atoms with van der Waals surface area (Å²) in [6.45, 7) is 4.00. The van der Waals surface area contributed by atoms with E-state index < -0.39 is 5.91 Å². The molecule has 0 radical (unpaired) electrons. The van der Waals surface area contributed by atoms with Crippen LogP contribution >= 0.6 is 15.9 Å². The second-order valence-corrected chi connectivity index (χ2v) is 5.80. The molecule has 1 saturated heterocycles. The molecule has 1 aliphatic carbocycles. The van der Waals surface area contributed by atoms with Crippen LogP contribution in [0.2, 0.25) is 0 Å². The Morgan fingerprint density at radius 2 is 2.05 bits per heavy atom. The third-order valence-corrected chi connectivity index (χ3v) is 4.01. The molecule has 2 heterocycles. The van der Waals surface area contributed by atoms with Crippen molar-refractivity contribution < 1.29 is 14.7 Å². The summed E-state index contributed by atoms with van der Waals surface area (Å²) in [6.07, 6.45) is 1.20. The smallest absolute Gasteiger partial charge is 0.317 e. The van der Waals surface area contributed by atoms with Crippen molar-refractivity contribution in [3.8, 4) is 0 Å². The van der Waals surface area contributed by atoms with E-state index in [2.05, 4.69) is 26.2 Å². The number of fused-ring (bicyclic) bond motifs is 1. The van der Waals surface area contributed by atoms with Crippen molar-refractivity contribution in [3.63, 3.8) is 0 Å². The number of nitrogens with zero attached hydrogens (tertiary/aromatic N) is 1. The van der Waals surface area contributed by atoms with E-state index in [-0.39, 0.29) is 24.2 Å². The van der Waals surface area contributed by atoms with Gasteiger partial charge >= 0.3 is 6.03 Å². The van der Waals surface area contributed by atoms with Crippen LogP contribution in [0.3, 0.4) is 0 Å². The first-order chi connectivity index (χ1) is 10.4. The van der Waals surface area contributed by atoms with Gasteiger partial charge in [-0.25, -0.2) is 4.79 Å². The third-order valence-electron chi connectivity index (χ3n) is 3.55. The summed E-state index contributed by atoms with van der Waals surface area (Å²) in [6, 6.07) is 3.74. The molecular formula is C14H23BrN4O3. The molecule has 2 unspecified atom stereocenters.